The Morgan fingerprint density at radius 2 is 1.31 bits per heavy atom. The van der Waals surface area contributed by atoms with Gasteiger partial charge in [0.15, 0.2) is 0 Å². The Labute approximate surface area is 332 Å². The number of amides is 2. The third-order valence-electron chi connectivity index (χ3n) is 8.04. The van der Waals surface area contributed by atoms with E-state index in [-0.39, 0.29) is 44.5 Å². The van der Waals surface area contributed by atoms with Gasteiger partial charge in [0, 0.05) is 79.0 Å². The first-order valence-corrected chi connectivity index (χ1v) is 17.4. The average molecular weight is 911 g/mol. The molecule has 4 aromatic carbocycles. The second kappa shape index (κ2) is 16.4. The van der Waals surface area contributed by atoms with E-state index in [1.807, 2.05) is 58.0 Å². The summed E-state index contributed by atoms with van der Waals surface area (Å²) in [4.78, 5) is 26.2. The zero-order chi connectivity index (χ0) is 34.0. The van der Waals surface area contributed by atoms with E-state index in [9.17, 15) is 9.59 Å². The first kappa shape index (κ1) is 38.2. The summed E-state index contributed by atoms with van der Waals surface area (Å²) < 4.78 is 15.0. The second-order valence-corrected chi connectivity index (χ2v) is 14.3. The SMILES string of the molecule is C=C1Cc2cc(Br)c(C)c(c2)Oc2c(C)cc(cc2Br)CC(=C)C(=O)Nc2c[c-]c(c(Br)c2)Oc2cc(cc(C)c2C)CCNC1=O.[Y]. The Kier molecular flexibility index (Phi) is 13.1. The quantitative estimate of drug-likeness (QED) is 0.136. The molecule has 0 unspecified atom stereocenters. The van der Waals surface area contributed by atoms with E-state index in [1.165, 1.54) is 0 Å². The zero-order valence-electron chi connectivity index (χ0n) is 27.2. The van der Waals surface area contributed by atoms with Gasteiger partial charge in [0.05, 0.1) is 4.47 Å². The minimum atomic E-state index is -0.292. The summed E-state index contributed by atoms with van der Waals surface area (Å²) in [5, 5.41) is 5.93. The van der Waals surface area contributed by atoms with E-state index in [4.69, 9.17) is 9.47 Å². The molecular formula is C38H34Br3N2O4Y-. The molecule has 0 spiro atoms. The Morgan fingerprint density at radius 1 is 0.708 bits per heavy atom. The molecule has 1 radical (unpaired) electrons. The van der Waals surface area contributed by atoms with Gasteiger partial charge in [-0.2, -0.15) is 6.07 Å². The molecule has 0 atom stereocenters. The summed E-state index contributed by atoms with van der Waals surface area (Å²) in [6.07, 6.45) is 1.31. The minimum Gasteiger partial charge on any atom is -0.482 e. The van der Waals surface area contributed by atoms with Crippen molar-refractivity contribution in [3.05, 3.63) is 131 Å². The molecule has 2 N–H and O–H groups in total. The van der Waals surface area contributed by atoms with Crippen LogP contribution >= 0.6 is 47.8 Å². The van der Waals surface area contributed by atoms with Crippen LogP contribution in [0.25, 0.3) is 0 Å². The van der Waals surface area contributed by atoms with Crippen LogP contribution in [0.2, 0.25) is 0 Å². The largest absolute Gasteiger partial charge is 0.482 e. The minimum absolute atomic E-state index is 0. The Balaban J connectivity index is 0.00000520. The molecule has 0 saturated heterocycles. The molecule has 0 fully saturated rings. The van der Waals surface area contributed by atoms with Gasteiger partial charge in [-0.15, -0.1) is 28.1 Å². The van der Waals surface area contributed by atoms with Gasteiger partial charge in [-0.25, -0.2) is 0 Å². The standard InChI is InChI=1S/C38H34Br3N2O4.Y/c1-20-11-26-9-10-42-37(44)22(3)13-28-15-30(39)25(6)35(18-28)47-36-21(2)12-27(16-32(36)41)14-23(4)38(45)43-29-7-8-33(31(40)19-29)46-34(17-26)24(20)5;/h7,11-12,15-19H,3-4,9-10,13-14H2,1-2,5-6H3,(H,42,44)(H,43,45);/q-1;. The number of rotatable bonds is 0. The molecule has 48 heavy (non-hydrogen) atoms. The molecule has 3 heterocycles. The fourth-order valence-corrected chi connectivity index (χ4v) is 6.86. The van der Waals surface area contributed by atoms with Gasteiger partial charge in [-0.3, -0.25) is 9.59 Å². The summed E-state index contributed by atoms with van der Waals surface area (Å²) >= 11 is 10.9. The number of benzene rings is 4. The van der Waals surface area contributed by atoms with Crippen LogP contribution in [0.3, 0.4) is 0 Å². The molecule has 8 bridgehead atoms. The van der Waals surface area contributed by atoms with Crippen molar-refractivity contribution in [1.82, 2.24) is 5.32 Å². The van der Waals surface area contributed by atoms with Crippen LogP contribution < -0.4 is 20.1 Å². The van der Waals surface area contributed by atoms with Crippen LogP contribution in [0.4, 0.5) is 5.69 Å². The van der Waals surface area contributed by atoms with Gasteiger partial charge in [0.25, 0.3) is 0 Å². The smallest absolute Gasteiger partial charge is 0.246 e. The van der Waals surface area contributed by atoms with Crippen LogP contribution in [0.5, 0.6) is 23.0 Å². The van der Waals surface area contributed by atoms with Crippen molar-refractivity contribution in [2.75, 3.05) is 11.9 Å². The van der Waals surface area contributed by atoms with E-state index in [0.29, 0.717) is 70.1 Å². The van der Waals surface area contributed by atoms with Crippen LogP contribution in [0, 0.1) is 33.8 Å². The third kappa shape index (κ3) is 9.16. The molecule has 4 aromatic rings. The maximum absolute atomic E-state index is 13.1. The number of nitrogens with one attached hydrogen (secondary N) is 2. The first-order valence-electron chi connectivity index (χ1n) is 15.0. The van der Waals surface area contributed by atoms with E-state index in [0.717, 1.165) is 47.9 Å². The second-order valence-electron chi connectivity index (χ2n) is 11.8. The normalized spacial score (nSPS) is 14.1. The monoisotopic (exact) mass is 908 g/mol. The van der Waals surface area contributed by atoms with Gasteiger partial charge in [-0.05, 0) is 112 Å². The molecular weight excluding hydrogens is 877 g/mol. The van der Waals surface area contributed by atoms with Crippen molar-refractivity contribution in [1.29, 1.82) is 0 Å². The Morgan fingerprint density at radius 3 is 2.00 bits per heavy atom. The van der Waals surface area contributed by atoms with Crippen molar-refractivity contribution in [2.24, 2.45) is 0 Å². The van der Waals surface area contributed by atoms with Crippen molar-refractivity contribution in [2.45, 2.75) is 47.0 Å². The summed E-state index contributed by atoms with van der Waals surface area (Å²) in [6, 6.07) is 18.5. The molecule has 6 nitrogen and oxygen atoms in total. The number of ether oxygens (including phenoxy) is 2. The van der Waals surface area contributed by atoms with Gasteiger partial charge in [-0.1, -0.05) is 46.9 Å². The maximum atomic E-state index is 13.1. The van der Waals surface area contributed by atoms with Crippen molar-refractivity contribution in [3.8, 4) is 23.0 Å². The molecule has 0 aliphatic carbocycles. The van der Waals surface area contributed by atoms with Crippen molar-refractivity contribution in [3.63, 3.8) is 0 Å². The maximum Gasteiger partial charge on any atom is 0.246 e. The van der Waals surface area contributed by atoms with Gasteiger partial charge < -0.3 is 20.1 Å². The van der Waals surface area contributed by atoms with Crippen LogP contribution in [-0.4, -0.2) is 18.4 Å². The van der Waals surface area contributed by atoms with Crippen molar-refractivity contribution >= 4 is 65.3 Å². The predicted molar refractivity (Wildman–Crippen MR) is 198 cm³/mol. The Hall–Kier alpha value is -2.56. The number of hydrogen-bond acceptors (Lipinski definition) is 4. The zero-order valence-corrected chi connectivity index (χ0v) is 34.8. The van der Waals surface area contributed by atoms with E-state index >= 15 is 0 Å². The molecule has 7 rings (SSSR count). The van der Waals surface area contributed by atoms with E-state index in [1.54, 1.807) is 12.1 Å². The molecule has 245 valence electrons. The van der Waals surface area contributed by atoms with E-state index < -0.39 is 0 Å². The van der Waals surface area contributed by atoms with Gasteiger partial charge in [0.2, 0.25) is 11.8 Å². The molecule has 2 amide bonds. The summed E-state index contributed by atoms with van der Waals surface area (Å²) in [6.45, 7) is 16.5. The number of fused-ring (bicyclic) bond motifs is 2. The molecule has 3 aliphatic rings. The van der Waals surface area contributed by atoms with Crippen LogP contribution in [-0.2, 0) is 61.6 Å². The number of hydrogen-bond donors (Lipinski definition) is 2. The van der Waals surface area contributed by atoms with Crippen LogP contribution in [0.15, 0.2) is 86.3 Å². The first-order chi connectivity index (χ1) is 22.3. The fraction of sp³-hybridized carbons (Fsp3) is 0.211. The molecule has 10 heteroatoms. The number of carbonyl (C=O) groups is 2. The summed E-state index contributed by atoms with van der Waals surface area (Å²) in [5.41, 5.74) is 8.10. The number of halogens is 3. The summed E-state index contributed by atoms with van der Waals surface area (Å²) in [5.74, 6) is 2.00. The number of aryl methyl sites for hydroxylation is 2. The number of carbonyl (C=O) groups excluding carboxylic acids is 2. The van der Waals surface area contributed by atoms with E-state index in [2.05, 4.69) is 83.7 Å². The molecule has 0 saturated carbocycles. The Bertz CT molecular complexity index is 1930. The van der Waals surface area contributed by atoms with Crippen molar-refractivity contribution < 1.29 is 51.8 Å². The van der Waals surface area contributed by atoms with Gasteiger partial charge >= 0.3 is 0 Å². The topological polar surface area (TPSA) is 76.7 Å². The fourth-order valence-electron chi connectivity index (χ4n) is 5.24. The van der Waals surface area contributed by atoms with Crippen LogP contribution in [0.1, 0.15) is 38.9 Å². The average Bonchev–Trinajstić information content (AvgIpc) is 3.00. The predicted octanol–water partition coefficient (Wildman–Crippen LogP) is 10.1. The third-order valence-corrected chi connectivity index (χ3v) is 10.0. The molecule has 0 aromatic heterocycles. The molecule has 3 aliphatic heterocycles. The van der Waals surface area contributed by atoms with Gasteiger partial charge in [0.1, 0.15) is 17.2 Å². The summed E-state index contributed by atoms with van der Waals surface area (Å²) in [7, 11) is 0. The number of anilines is 1.